The molecule has 7 N–H and O–H groups in total. The van der Waals surface area contributed by atoms with Crippen molar-refractivity contribution in [3.63, 3.8) is 0 Å². The van der Waals surface area contributed by atoms with Crippen molar-refractivity contribution in [3.8, 4) is 34.8 Å². The maximum Gasteiger partial charge on any atom is 0.413 e. The number of carbonyl (C=O) groups excluding carboxylic acids is 8. The third kappa shape index (κ3) is 22.2. The maximum atomic E-state index is 14.3. The van der Waals surface area contributed by atoms with Crippen molar-refractivity contribution >= 4 is 70.3 Å². The van der Waals surface area contributed by atoms with Crippen LogP contribution in [0.2, 0.25) is 0 Å². The molecule has 6 aromatic rings. The summed E-state index contributed by atoms with van der Waals surface area (Å²) in [6.07, 6.45) is 11.6. The van der Waals surface area contributed by atoms with Gasteiger partial charge in [-0.25, -0.2) is 9.78 Å². The quantitative estimate of drug-likeness (QED) is 0.0112. The van der Waals surface area contributed by atoms with Gasteiger partial charge in [0.25, 0.3) is 17.7 Å². The Labute approximate surface area is 705 Å². The molecule has 0 radical (unpaired) electrons. The fourth-order valence-corrected chi connectivity index (χ4v) is 16.7. The Bertz CT molecular complexity index is 4650. The van der Waals surface area contributed by atoms with Gasteiger partial charge in [0.2, 0.25) is 35.4 Å². The van der Waals surface area contributed by atoms with E-state index in [1.54, 1.807) is 91.1 Å². The van der Waals surface area contributed by atoms with Crippen molar-refractivity contribution in [1.29, 1.82) is 5.26 Å². The smallest absolute Gasteiger partial charge is 0.413 e. The van der Waals surface area contributed by atoms with E-state index >= 15 is 0 Å². The summed E-state index contributed by atoms with van der Waals surface area (Å²) in [5.41, 5.74) is 2.94. The lowest BCUT2D eigenvalue weighted by Gasteiger charge is -2.56. The number of nitriles is 1. The van der Waals surface area contributed by atoms with Crippen LogP contribution in [0.3, 0.4) is 0 Å². The molecule has 646 valence electrons. The molecule has 6 fully saturated rings. The minimum absolute atomic E-state index is 0.00479. The lowest BCUT2D eigenvalue weighted by atomic mass is 9.67. The summed E-state index contributed by atoms with van der Waals surface area (Å²) in [4.78, 5) is 126. The van der Waals surface area contributed by atoms with Crippen molar-refractivity contribution in [2.24, 2.45) is 11.3 Å². The second-order valence-electron chi connectivity index (χ2n) is 33.6. The van der Waals surface area contributed by atoms with Crippen LogP contribution in [0, 0.1) is 22.7 Å². The molecular formula is C88H113N17O16. The van der Waals surface area contributed by atoms with Gasteiger partial charge >= 0.3 is 6.09 Å². The highest BCUT2D eigenvalue weighted by Gasteiger charge is 2.52. The van der Waals surface area contributed by atoms with Crippen molar-refractivity contribution in [2.45, 2.75) is 171 Å². The minimum atomic E-state index is -1.28. The van der Waals surface area contributed by atoms with E-state index in [9.17, 15) is 53.8 Å². The molecule has 121 heavy (non-hydrogen) atoms. The Balaban J connectivity index is 0.548. The van der Waals surface area contributed by atoms with Crippen LogP contribution in [0.4, 0.5) is 27.7 Å². The number of aliphatic hydroxyl groups excluding tert-OH is 1. The molecule has 4 saturated heterocycles. The summed E-state index contributed by atoms with van der Waals surface area (Å²) in [7, 11) is 5.88. The maximum absolute atomic E-state index is 14.3. The van der Waals surface area contributed by atoms with Crippen LogP contribution in [-0.4, -0.2) is 264 Å². The number of likely N-dealkylation sites (N-methyl/N-ethyl adjacent to an activating group) is 1. The SMILES string of the molecule is CC(C)[C@@H](C(=O)N1C[C@H](O)C[C@H]1C(=O)N[C@H](C)c1ccc(C#N)cc1)c1cc(OCCN2CCC(OC3CC(Oc4cc(N5CCN(c6cc(-c7ccccc7O)nnc6NC(=O)OCc6ccc(NC(=O)[C@H](CCCCN(C)C)NC(=O)C7(C(=O)NCCCCCN(C)CCN8C(=O)C=CC8=O)CCC7)cc6)CC56COC6)ccn4)C3)CC2)no1. The number of aromatic nitrogens is 4. The molecule has 0 bridgehead atoms. The summed E-state index contributed by atoms with van der Waals surface area (Å²) in [5, 5.41) is 58.8. The molecule has 3 aromatic heterocycles. The number of carbonyl (C=O) groups is 8. The van der Waals surface area contributed by atoms with Crippen LogP contribution < -0.4 is 45.9 Å². The lowest BCUT2D eigenvalue weighted by molar-refractivity contribution is -0.151. The summed E-state index contributed by atoms with van der Waals surface area (Å²) in [6, 6.07) is 27.9. The van der Waals surface area contributed by atoms with Gasteiger partial charge in [-0.2, -0.15) is 5.26 Å². The van der Waals surface area contributed by atoms with Gasteiger partial charge in [-0.15, -0.1) is 10.2 Å². The monoisotopic (exact) mass is 1660 g/mol. The van der Waals surface area contributed by atoms with Crippen LogP contribution in [-0.2, 0) is 54.4 Å². The Morgan fingerprint density at radius 3 is 2.22 bits per heavy atom. The van der Waals surface area contributed by atoms with Gasteiger partial charge in [0, 0.05) is 132 Å². The van der Waals surface area contributed by atoms with E-state index in [0.29, 0.717) is 150 Å². The lowest BCUT2D eigenvalue weighted by Crippen LogP contribution is -2.72. The fraction of sp³-hybridized carbons (Fsp3) is 0.534. The molecule has 0 unspecified atom stereocenters. The highest BCUT2D eigenvalue weighted by Crippen LogP contribution is 2.44. The molecule has 5 atom stereocenters. The van der Waals surface area contributed by atoms with Crippen LogP contribution in [0.15, 0.2) is 120 Å². The van der Waals surface area contributed by atoms with E-state index < -0.39 is 59.0 Å². The number of phenols is 1. The van der Waals surface area contributed by atoms with Crippen LogP contribution in [0.5, 0.6) is 17.5 Å². The molecule has 33 heteroatoms. The zero-order valence-electron chi connectivity index (χ0n) is 69.9. The first-order valence-electron chi connectivity index (χ1n) is 42.4. The molecule has 1 spiro atoms. The van der Waals surface area contributed by atoms with E-state index in [2.05, 4.69) is 77.5 Å². The zero-order valence-corrected chi connectivity index (χ0v) is 69.9. The second kappa shape index (κ2) is 40.5. The van der Waals surface area contributed by atoms with Gasteiger partial charge in [-0.1, -0.05) is 63.1 Å². The number of piperidine rings is 1. The van der Waals surface area contributed by atoms with Gasteiger partial charge in [0.15, 0.2) is 11.6 Å². The van der Waals surface area contributed by atoms with Gasteiger partial charge in [0.1, 0.15) is 54.0 Å². The fourth-order valence-electron chi connectivity index (χ4n) is 16.7. The third-order valence-electron chi connectivity index (χ3n) is 24.1. The minimum Gasteiger partial charge on any atom is -0.507 e. The first-order chi connectivity index (χ1) is 58.4. The number of aliphatic hydroxyl groups is 1. The average molecular weight is 1660 g/mol. The Hall–Kier alpha value is -11.1. The molecule has 5 aliphatic heterocycles. The number of phenolic OH excluding ortho intramolecular Hbond substituents is 1. The number of imide groups is 1. The van der Waals surface area contributed by atoms with Crippen molar-refractivity contribution in [1.82, 2.24) is 60.8 Å². The molecule has 8 heterocycles. The van der Waals surface area contributed by atoms with E-state index in [1.165, 1.54) is 22.0 Å². The molecule has 33 nitrogen and oxygen atoms in total. The first-order valence-corrected chi connectivity index (χ1v) is 42.4. The van der Waals surface area contributed by atoms with E-state index in [-0.39, 0.29) is 90.8 Å². The molecule has 8 amide bonds. The number of hydrogen-bond acceptors (Lipinski definition) is 26. The highest BCUT2D eigenvalue weighted by molar-refractivity contribution is 6.13. The largest absolute Gasteiger partial charge is 0.507 e. The summed E-state index contributed by atoms with van der Waals surface area (Å²) in [6.45, 7) is 13.3. The van der Waals surface area contributed by atoms with Gasteiger partial charge in [0.05, 0.1) is 60.6 Å². The molecule has 7 aliphatic rings. The number of likely N-dealkylation sites (tertiary alicyclic amines) is 2. The summed E-state index contributed by atoms with van der Waals surface area (Å²) < 4.78 is 36.7. The molecule has 2 saturated carbocycles. The van der Waals surface area contributed by atoms with Gasteiger partial charge in [-0.3, -0.25) is 48.7 Å². The van der Waals surface area contributed by atoms with Crippen molar-refractivity contribution < 1.29 is 76.8 Å². The molecule has 3 aromatic carbocycles. The van der Waals surface area contributed by atoms with E-state index in [1.807, 2.05) is 54.0 Å². The number of nitrogens with one attached hydrogen (secondary N) is 5. The Morgan fingerprint density at radius 2 is 1.52 bits per heavy atom. The van der Waals surface area contributed by atoms with Crippen molar-refractivity contribution in [2.75, 3.05) is 140 Å². The molecule has 2 aliphatic carbocycles. The summed E-state index contributed by atoms with van der Waals surface area (Å²) >= 11 is 0. The topological polar surface area (TPSA) is 394 Å². The standard InChI is InChI=1S/C88H113N17O16/c1-57(2)79(83(112)104-52-64(106)46-72(104)82(111)92-58(3)61-22-18-59(51-89)19-23-61)74-50-76(98-121-74)117-44-43-101-37-29-65(30-38-101)119-66-47-67(48-66)120-75-45-63(28-34-90-75)105-42-40-102(54-87(105)55-116-56-87)71-49-70(68-15-8-9-17-73(68)107)96-97-80(71)95-86(115)118-53-60-20-24-62(25-21-60)93-81(110)69(16-10-13-35-99(4)5)94-85(114)88(31-14-32-88)84(113)91-33-11-7-12-36-100(6)39-41-103-77(108)26-27-78(103)109/h8-9,15,17-28,34,45,49-50,57-58,64-67,69,72,79,106-107H,7,10-14,16,29-33,35-44,46-48,52-56H2,1-6H3,(H,91,113)(H,92,111)(H,93,110)(H,94,114)(H,95,97,115)/t58-,64-,66?,67?,69+,72+,79-/m1/s1. The first kappa shape index (κ1) is 87.7. The van der Waals surface area contributed by atoms with Crippen molar-refractivity contribution in [3.05, 3.63) is 138 Å². The molecular weight excluding hydrogens is 1550 g/mol. The van der Waals surface area contributed by atoms with Crippen LogP contribution in [0.25, 0.3) is 11.3 Å². The summed E-state index contributed by atoms with van der Waals surface area (Å²) in [5.74, 6) is -2.32. The number of pyridine rings is 1. The number of unbranched alkanes of at least 4 members (excludes halogenated alkanes) is 3. The average Bonchev–Trinajstić information content (AvgIpc) is 0.955. The second-order valence-corrected chi connectivity index (χ2v) is 33.6. The number of para-hydroxylation sites is 1. The number of aromatic hydroxyl groups is 1. The molecule has 13 rings (SSSR count). The third-order valence-corrected chi connectivity index (χ3v) is 24.1. The van der Waals surface area contributed by atoms with E-state index in [4.69, 9.17) is 28.2 Å². The van der Waals surface area contributed by atoms with Gasteiger partial charge < -0.3 is 84.2 Å². The number of nitrogens with zero attached hydrogens (tertiary/aromatic N) is 12. The Kier molecular flexibility index (Phi) is 29.3. The number of β-amino-alcohol motifs (C(OH)–C–C–N with tert-alkyl or cyclic N) is 1. The number of ether oxygens (including phenoxy) is 5. The number of benzene rings is 3. The Morgan fingerprint density at radius 1 is 0.769 bits per heavy atom. The zero-order chi connectivity index (χ0) is 85.3. The number of piperazine rings is 1. The van der Waals surface area contributed by atoms with E-state index in [0.717, 1.165) is 82.4 Å². The van der Waals surface area contributed by atoms with Crippen LogP contribution in [0.1, 0.15) is 145 Å². The highest BCUT2D eigenvalue weighted by atomic mass is 16.6. The predicted octanol–water partition coefficient (Wildman–Crippen LogP) is 7.47. The van der Waals surface area contributed by atoms with Gasteiger partial charge in [-0.05, 0) is 170 Å². The van der Waals surface area contributed by atoms with Crippen LogP contribution >= 0.6 is 0 Å². The number of anilines is 4. The number of rotatable bonds is 39. The number of amides is 8. The predicted molar refractivity (Wildman–Crippen MR) is 448 cm³/mol. The number of hydrogen-bond donors (Lipinski definition) is 7. The normalized spacial score (nSPS) is 20.1.